The monoisotopic (exact) mass is 317 g/mol. The molecule has 0 saturated carbocycles. The molecule has 8 heteroatoms. The first-order chi connectivity index (χ1) is 9.17. The van der Waals surface area contributed by atoms with Crippen LogP contribution in [0.25, 0.3) is 0 Å². The van der Waals surface area contributed by atoms with E-state index >= 15 is 0 Å². The highest BCUT2D eigenvalue weighted by molar-refractivity contribution is 7.15. The van der Waals surface area contributed by atoms with E-state index in [9.17, 15) is 4.79 Å². The Bertz CT molecular complexity index is 559. The van der Waals surface area contributed by atoms with Crippen molar-refractivity contribution in [3.63, 3.8) is 0 Å². The lowest BCUT2D eigenvalue weighted by atomic mass is 10.3. The molecule has 0 aliphatic heterocycles. The Labute approximate surface area is 123 Å². The summed E-state index contributed by atoms with van der Waals surface area (Å²) in [4.78, 5) is 11.1. The molecule has 1 amide bonds. The average Bonchev–Trinajstić information content (AvgIpc) is 2.85. The highest BCUT2D eigenvalue weighted by Crippen LogP contribution is 2.19. The molecule has 0 unspecified atom stereocenters. The standard InChI is InChI=1S/C11H9Cl2N3O2S/c12-5-9(17)14-11-16-15-10(19-11)6-18-8-3-1-7(13)2-4-8/h1-4H,5-6H2,(H,14,16,17). The second-order valence-corrected chi connectivity index (χ2v) is 5.19. The van der Waals surface area contributed by atoms with Gasteiger partial charge in [-0.25, -0.2) is 0 Å². The predicted molar refractivity (Wildman–Crippen MR) is 75.0 cm³/mol. The van der Waals surface area contributed by atoms with E-state index < -0.39 is 0 Å². The molecule has 0 aliphatic carbocycles. The zero-order valence-corrected chi connectivity index (χ0v) is 11.9. The SMILES string of the molecule is O=C(CCl)Nc1nnc(COc2ccc(Cl)cc2)s1. The maximum atomic E-state index is 11.1. The van der Waals surface area contributed by atoms with Gasteiger partial charge in [0.25, 0.3) is 0 Å². The number of nitrogens with one attached hydrogen (secondary N) is 1. The van der Waals surface area contributed by atoms with Gasteiger partial charge in [-0.15, -0.1) is 21.8 Å². The molecule has 1 aromatic heterocycles. The van der Waals surface area contributed by atoms with E-state index in [4.69, 9.17) is 27.9 Å². The third-order valence-corrected chi connectivity index (χ3v) is 3.32. The lowest BCUT2D eigenvalue weighted by Gasteiger charge is -2.02. The van der Waals surface area contributed by atoms with Crippen molar-refractivity contribution < 1.29 is 9.53 Å². The van der Waals surface area contributed by atoms with Crippen LogP contribution in [0.3, 0.4) is 0 Å². The summed E-state index contributed by atoms with van der Waals surface area (Å²) in [7, 11) is 0. The fourth-order valence-corrected chi connectivity index (χ4v) is 2.05. The number of ether oxygens (including phenoxy) is 1. The van der Waals surface area contributed by atoms with Crippen molar-refractivity contribution in [1.29, 1.82) is 0 Å². The minimum absolute atomic E-state index is 0.115. The van der Waals surface area contributed by atoms with Gasteiger partial charge in [-0.1, -0.05) is 22.9 Å². The number of benzene rings is 1. The highest BCUT2D eigenvalue weighted by atomic mass is 35.5. The Morgan fingerprint density at radius 2 is 2.05 bits per heavy atom. The summed E-state index contributed by atoms with van der Waals surface area (Å²) in [5, 5.41) is 11.9. The molecule has 5 nitrogen and oxygen atoms in total. The fraction of sp³-hybridized carbons (Fsp3) is 0.182. The second-order valence-electron chi connectivity index (χ2n) is 3.43. The van der Waals surface area contributed by atoms with E-state index in [-0.39, 0.29) is 18.4 Å². The summed E-state index contributed by atoms with van der Waals surface area (Å²) in [6.45, 7) is 0.274. The summed E-state index contributed by atoms with van der Waals surface area (Å²) < 4.78 is 5.50. The first kappa shape index (κ1) is 14.0. The van der Waals surface area contributed by atoms with Crippen LogP contribution in [0.5, 0.6) is 5.75 Å². The lowest BCUT2D eigenvalue weighted by molar-refractivity contribution is -0.113. The van der Waals surface area contributed by atoms with Crippen LogP contribution in [0.15, 0.2) is 24.3 Å². The number of aromatic nitrogens is 2. The van der Waals surface area contributed by atoms with E-state index in [0.29, 0.717) is 20.9 Å². The van der Waals surface area contributed by atoms with E-state index in [1.807, 2.05) is 0 Å². The molecule has 19 heavy (non-hydrogen) atoms. The van der Waals surface area contributed by atoms with E-state index in [1.54, 1.807) is 24.3 Å². The lowest BCUT2D eigenvalue weighted by Crippen LogP contribution is -2.12. The number of carbonyl (C=O) groups is 1. The smallest absolute Gasteiger partial charge is 0.241 e. The van der Waals surface area contributed by atoms with E-state index in [0.717, 1.165) is 0 Å². The first-order valence-corrected chi connectivity index (χ1v) is 6.97. The van der Waals surface area contributed by atoms with Crippen LogP contribution in [0.1, 0.15) is 5.01 Å². The van der Waals surface area contributed by atoms with Gasteiger partial charge < -0.3 is 4.74 Å². The Morgan fingerprint density at radius 3 is 2.74 bits per heavy atom. The third kappa shape index (κ3) is 4.34. The quantitative estimate of drug-likeness (QED) is 0.861. The predicted octanol–water partition coefficient (Wildman–Crippen LogP) is 2.95. The third-order valence-electron chi connectivity index (χ3n) is 2.01. The Balaban J connectivity index is 1.89. The van der Waals surface area contributed by atoms with E-state index in [1.165, 1.54) is 11.3 Å². The van der Waals surface area contributed by atoms with Crippen LogP contribution in [0.2, 0.25) is 5.02 Å². The topological polar surface area (TPSA) is 64.1 Å². The fourth-order valence-electron chi connectivity index (χ4n) is 1.19. The van der Waals surface area contributed by atoms with Gasteiger partial charge in [0.15, 0.2) is 5.01 Å². The molecule has 2 rings (SSSR count). The summed E-state index contributed by atoms with van der Waals surface area (Å²) in [5.41, 5.74) is 0. The second kappa shape index (κ2) is 6.70. The average molecular weight is 318 g/mol. The number of amides is 1. The van der Waals surface area contributed by atoms with Crippen molar-refractivity contribution in [3.05, 3.63) is 34.3 Å². The number of nitrogens with zero attached hydrogens (tertiary/aromatic N) is 2. The number of halogens is 2. The molecule has 0 spiro atoms. The van der Waals surface area contributed by atoms with Gasteiger partial charge in [0.1, 0.15) is 18.2 Å². The number of hydrogen-bond donors (Lipinski definition) is 1. The van der Waals surface area contributed by atoms with Crippen LogP contribution < -0.4 is 10.1 Å². The summed E-state index contributed by atoms with van der Waals surface area (Å²) in [6, 6.07) is 7.01. The van der Waals surface area contributed by atoms with Gasteiger partial charge in [-0.3, -0.25) is 10.1 Å². The molecule has 0 bridgehead atoms. The van der Waals surface area contributed by atoms with Gasteiger partial charge in [0.05, 0.1) is 0 Å². The highest BCUT2D eigenvalue weighted by Gasteiger charge is 2.07. The zero-order chi connectivity index (χ0) is 13.7. The van der Waals surface area contributed by atoms with Crippen molar-refractivity contribution in [1.82, 2.24) is 10.2 Å². The number of alkyl halides is 1. The number of anilines is 1. The molecule has 100 valence electrons. The minimum atomic E-state index is -0.317. The summed E-state index contributed by atoms with van der Waals surface area (Å²) in [6.07, 6.45) is 0. The molecule has 0 fully saturated rings. The molecule has 0 saturated heterocycles. The first-order valence-electron chi connectivity index (χ1n) is 5.24. The number of hydrogen-bond acceptors (Lipinski definition) is 5. The molecule has 0 radical (unpaired) electrons. The van der Waals surface area contributed by atoms with Crippen LogP contribution in [0, 0.1) is 0 Å². The van der Waals surface area contributed by atoms with Crippen LogP contribution >= 0.6 is 34.5 Å². The summed E-state index contributed by atoms with van der Waals surface area (Å²) >= 11 is 12.4. The van der Waals surface area contributed by atoms with Crippen molar-refractivity contribution in [2.75, 3.05) is 11.2 Å². The molecule has 2 aromatic rings. The zero-order valence-electron chi connectivity index (χ0n) is 9.60. The van der Waals surface area contributed by atoms with E-state index in [2.05, 4.69) is 15.5 Å². The van der Waals surface area contributed by atoms with Gasteiger partial charge in [0.2, 0.25) is 11.0 Å². The molecular formula is C11H9Cl2N3O2S. The van der Waals surface area contributed by atoms with Crippen molar-refractivity contribution >= 4 is 45.6 Å². The molecular weight excluding hydrogens is 309 g/mol. The molecule has 1 N–H and O–H groups in total. The van der Waals surface area contributed by atoms with Crippen molar-refractivity contribution in [2.24, 2.45) is 0 Å². The maximum Gasteiger partial charge on any atom is 0.241 e. The molecule has 1 aromatic carbocycles. The Morgan fingerprint density at radius 1 is 1.32 bits per heavy atom. The molecule has 0 atom stereocenters. The van der Waals surface area contributed by atoms with Gasteiger partial charge in [0, 0.05) is 5.02 Å². The number of rotatable bonds is 5. The van der Waals surface area contributed by atoms with Crippen LogP contribution in [-0.2, 0) is 11.4 Å². The largest absolute Gasteiger partial charge is 0.486 e. The minimum Gasteiger partial charge on any atom is -0.486 e. The van der Waals surface area contributed by atoms with Crippen LogP contribution in [-0.4, -0.2) is 22.0 Å². The molecule has 0 aliphatic rings. The Hall–Kier alpha value is -1.37. The number of carbonyl (C=O) groups excluding carboxylic acids is 1. The van der Waals surface area contributed by atoms with Crippen LogP contribution in [0.4, 0.5) is 5.13 Å². The summed E-state index contributed by atoms with van der Waals surface area (Å²) in [5.74, 6) is 0.254. The maximum absolute atomic E-state index is 11.1. The Kier molecular flexibility index (Phi) is 4.95. The van der Waals surface area contributed by atoms with Gasteiger partial charge in [-0.2, -0.15) is 0 Å². The normalized spacial score (nSPS) is 10.2. The van der Waals surface area contributed by atoms with Crippen molar-refractivity contribution in [3.8, 4) is 5.75 Å². The van der Waals surface area contributed by atoms with Gasteiger partial charge >= 0.3 is 0 Å². The van der Waals surface area contributed by atoms with Crippen molar-refractivity contribution in [2.45, 2.75) is 6.61 Å². The van der Waals surface area contributed by atoms with Gasteiger partial charge in [-0.05, 0) is 24.3 Å². The molecule has 1 heterocycles.